The van der Waals surface area contributed by atoms with Gasteiger partial charge in [-0.15, -0.1) is 0 Å². The lowest BCUT2D eigenvalue weighted by atomic mass is 9.85. The van der Waals surface area contributed by atoms with Crippen molar-refractivity contribution in [3.63, 3.8) is 0 Å². The molecule has 1 unspecified atom stereocenters. The average Bonchev–Trinajstić information content (AvgIpc) is 3.73. The van der Waals surface area contributed by atoms with Gasteiger partial charge in [0.05, 0.1) is 29.9 Å². The fraction of sp³-hybridized carbons (Fsp3) is 0.436. The number of anilines is 2. The van der Waals surface area contributed by atoms with Crippen molar-refractivity contribution in [2.24, 2.45) is 13.0 Å². The van der Waals surface area contributed by atoms with Crippen LogP contribution in [0.4, 0.5) is 28.9 Å². The fourth-order valence-corrected chi connectivity index (χ4v) is 8.52. The number of amides is 3. The van der Waals surface area contributed by atoms with Gasteiger partial charge in [0.25, 0.3) is 5.91 Å². The Kier molecular flexibility index (Phi) is 9.99. The topological polar surface area (TPSA) is 149 Å². The molecule has 5 aromatic rings. The first kappa shape index (κ1) is 38.1. The molecule has 2 N–H and O–H groups in total. The van der Waals surface area contributed by atoms with Gasteiger partial charge in [-0.25, -0.2) is 14.2 Å². The predicted molar refractivity (Wildman–Crippen MR) is 202 cm³/mol. The predicted octanol–water partition coefficient (Wildman–Crippen LogP) is 5.03. The van der Waals surface area contributed by atoms with E-state index >= 15 is 4.39 Å². The Bertz CT molecular complexity index is 2440. The maximum atomic E-state index is 15.6. The van der Waals surface area contributed by atoms with E-state index in [-0.39, 0.29) is 30.5 Å². The van der Waals surface area contributed by atoms with Gasteiger partial charge in [0.1, 0.15) is 34.5 Å². The van der Waals surface area contributed by atoms with E-state index < -0.39 is 41.2 Å². The Hall–Kier alpha value is -5.78. The number of nitrogens with one attached hydrogen (secondary N) is 2. The Morgan fingerprint density at radius 3 is 2.46 bits per heavy atom. The molecule has 14 nitrogen and oxygen atoms in total. The molecular formula is C39H41F4N9O5. The van der Waals surface area contributed by atoms with Crippen molar-refractivity contribution in [2.45, 2.75) is 56.8 Å². The van der Waals surface area contributed by atoms with Crippen LogP contribution >= 0.6 is 0 Å². The average molecular weight is 792 g/mol. The Labute approximate surface area is 323 Å². The van der Waals surface area contributed by atoms with E-state index in [1.807, 2.05) is 15.8 Å². The Morgan fingerprint density at radius 2 is 1.75 bits per heavy atom. The number of aryl methyl sites for hydroxylation is 1. The third-order valence-corrected chi connectivity index (χ3v) is 11.4. The van der Waals surface area contributed by atoms with Gasteiger partial charge in [0.2, 0.25) is 11.8 Å². The highest BCUT2D eigenvalue weighted by molar-refractivity contribution is 6.04. The maximum absolute atomic E-state index is 15.6. The number of methoxy groups -OCH3 is 1. The Morgan fingerprint density at radius 1 is 1.00 bits per heavy atom. The molecule has 2 saturated heterocycles. The van der Waals surface area contributed by atoms with Crippen LogP contribution in [0.15, 0.2) is 53.5 Å². The molecule has 2 aromatic carbocycles. The summed E-state index contributed by atoms with van der Waals surface area (Å²) < 4.78 is 65.3. The van der Waals surface area contributed by atoms with Crippen molar-refractivity contribution in [3.05, 3.63) is 76.4 Å². The zero-order valence-electron chi connectivity index (χ0n) is 31.3. The molecule has 57 heavy (non-hydrogen) atoms. The van der Waals surface area contributed by atoms with E-state index in [4.69, 9.17) is 9.84 Å². The Balaban J connectivity index is 0.890. The number of fused-ring (bicyclic) bond motifs is 2. The second-order valence-corrected chi connectivity index (χ2v) is 15.0. The smallest absolute Gasteiger partial charge is 0.433 e. The van der Waals surface area contributed by atoms with Gasteiger partial charge in [-0.3, -0.25) is 38.4 Å². The summed E-state index contributed by atoms with van der Waals surface area (Å²) in [5.41, 5.74) is 0.198. The quantitative estimate of drug-likeness (QED) is 0.163. The zero-order valence-corrected chi connectivity index (χ0v) is 31.3. The summed E-state index contributed by atoms with van der Waals surface area (Å²) in [5, 5.41) is 10.5. The summed E-state index contributed by atoms with van der Waals surface area (Å²) in [6, 6.07) is 8.60. The zero-order chi connectivity index (χ0) is 40.2. The van der Waals surface area contributed by atoms with E-state index in [2.05, 4.69) is 20.5 Å². The van der Waals surface area contributed by atoms with Gasteiger partial charge in [-0.05, 0) is 68.4 Å². The normalized spacial score (nSPS) is 20.9. The van der Waals surface area contributed by atoms with Gasteiger partial charge < -0.3 is 15.0 Å². The van der Waals surface area contributed by atoms with Crippen LogP contribution in [0.3, 0.4) is 0 Å². The summed E-state index contributed by atoms with van der Waals surface area (Å²) in [4.78, 5) is 58.5. The highest BCUT2D eigenvalue weighted by Crippen LogP contribution is 2.37. The lowest BCUT2D eigenvalue weighted by molar-refractivity contribution is -0.141. The van der Waals surface area contributed by atoms with Gasteiger partial charge in [-0.1, -0.05) is 6.07 Å². The first-order valence-electron chi connectivity index (χ1n) is 18.9. The minimum absolute atomic E-state index is 0.118. The number of rotatable bonds is 8. The van der Waals surface area contributed by atoms with Gasteiger partial charge >= 0.3 is 11.9 Å². The third-order valence-electron chi connectivity index (χ3n) is 11.4. The number of carbonyl (C=O) groups excluding carboxylic acids is 3. The summed E-state index contributed by atoms with van der Waals surface area (Å²) in [5.74, 6) is -1.27. The molecule has 0 radical (unpaired) electrons. The third kappa shape index (κ3) is 7.33. The van der Waals surface area contributed by atoms with E-state index in [9.17, 15) is 32.3 Å². The number of aromatic nitrogens is 5. The highest BCUT2D eigenvalue weighted by atomic mass is 19.4. The molecule has 3 amide bonds. The number of hydrogen-bond donors (Lipinski definition) is 2. The van der Waals surface area contributed by atoms with E-state index in [0.717, 1.165) is 44.4 Å². The molecule has 0 bridgehead atoms. The number of benzene rings is 2. The fourth-order valence-electron chi connectivity index (χ4n) is 8.52. The van der Waals surface area contributed by atoms with Crippen LogP contribution in [0.1, 0.15) is 66.8 Å². The second-order valence-electron chi connectivity index (χ2n) is 15.0. The number of piperidine rings is 1. The van der Waals surface area contributed by atoms with Crippen LogP contribution in [0.25, 0.3) is 21.9 Å². The SMILES string of the molecule is COc1cc(NC(=O)c2cccc(C(F)(F)F)n2)cc2cn(C3CCC(CN4CCN(c5c(F)ccc6c5n(C)c(=O)n6C5CCC(=O)NC5=O)CC4)CC3)nc12. The van der Waals surface area contributed by atoms with E-state index in [0.29, 0.717) is 71.2 Å². The number of alkyl halides is 3. The number of pyridine rings is 1. The summed E-state index contributed by atoms with van der Waals surface area (Å²) in [6.07, 6.45) is 1.29. The lowest BCUT2D eigenvalue weighted by Gasteiger charge is -2.39. The molecule has 5 heterocycles. The molecule has 1 atom stereocenters. The highest BCUT2D eigenvalue weighted by Gasteiger charge is 2.35. The maximum Gasteiger partial charge on any atom is 0.433 e. The molecule has 3 aromatic heterocycles. The number of halogens is 4. The number of imidazole rings is 1. The number of nitrogens with zero attached hydrogens (tertiary/aromatic N) is 7. The number of piperazine rings is 1. The molecule has 0 spiro atoms. The van der Waals surface area contributed by atoms with Crippen molar-refractivity contribution in [1.29, 1.82) is 0 Å². The molecular weight excluding hydrogens is 750 g/mol. The van der Waals surface area contributed by atoms with Gasteiger partial charge in [0.15, 0.2) is 0 Å². The monoisotopic (exact) mass is 791 g/mol. The summed E-state index contributed by atoms with van der Waals surface area (Å²) >= 11 is 0. The summed E-state index contributed by atoms with van der Waals surface area (Å²) in [6.45, 7) is 3.44. The minimum atomic E-state index is -4.68. The molecule has 2 aliphatic heterocycles. The summed E-state index contributed by atoms with van der Waals surface area (Å²) in [7, 11) is 3.06. The minimum Gasteiger partial charge on any atom is -0.494 e. The first-order chi connectivity index (χ1) is 27.3. The largest absolute Gasteiger partial charge is 0.494 e. The standard InChI is InChI=1S/C39H41F4N9O5/c1-48-35-28(52(38(48)56)29-12-13-32(53)46-37(29)55)11-10-26(40)34(35)50-16-14-49(15-17-50)20-22-6-8-25(9-7-22)51-21-23-18-24(19-30(57-2)33(23)47-51)44-36(54)27-4-3-5-31(45-27)39(41,42)43/h3-5,10-11,18-19,21-22,25,29H,6-9,12-17,20H2,1-2H3,(H,44,54)(H,46,53,55). The molecule has 1 aliphatic carbocycles. The molecule has 1 saturated carbocycles. The molecule has 300 valence electrons. The number of ether oxygens (including phenoxy) is 1. The molecule has 18 heteroatoms. The van der Waals surface area contributed by atoms with Crippen LogP contribution in [-0.2, 0) is 22.8 Å². The van der Waals surface area contributed by atoms with Crippen LogP contribution in [0, 0.1) is 11.7 Å². The van der Waals surface area contributed by atoms with E-state index in [1.165, 1.54) is 34.4 Å². The van der Waals surface area contributed by atoms with Crippen LogP contribution in [-0.4, -0.2) is 86.4 Å². The van der Waals surface area contributed by atoms with Crippen LogP contribution < -0.4 is 26.0 Å². The lowest BCUT2D eigenvalue weighted by Crippen LogP contribution is -2.48. The first-order valence-corrected chi connectivity index (χ1v) is 18.9. The molecule has 8 rings (SSSR count). The van der Waals surface area contributed by atoms with Crippen molar-refractivity contribution in [3.8, 4) is 5.75 Å². The van der Waals surface area contributed by atoms with Gasteiger partial charge in [-0.2, -0.15) is 18.3 Å². The van der Waals surface area contributed by atoms with Gasteiger partial charge in [0, 0.05) is 69.5 Å². The van der Waals surface area contributed by atoms with Crippen LogP contribution in [0.5, 0.6) is 5.75 Å². The number of hydrogen-bond acceptors (Lipinski definition) is 9. The van der Waals surface area contributed by atoms with Crippen molar-refractivity contribution in [1.82, 2.24) is 34.1 Å². The molecule has 3 fully saturated rings. The van der Waals surface area contributed by atoms with Crippen molar-refractivity contribution in [2.75, 3.05) is 50.1 Å². The molecule has 3 aliphatic rings. The van der Waals surface area contributed by atoms with Crippen LogP contribution in [0.2, 0.25) is 0 Å². The van der Waals surface area contributed by atoms with E-state index in [1.54, 1.807) is 19.2 Å². The second kappa shape index (κ2) is 14.9. The van der Waals surface area contributed by atoms with Crippen molar-refractivity contribution < 1.29 is 36.7 Å². The van der Waals surface area contributed by atoms with Crippen molar-refractivity contribution >= 4 is 51.0 Å². The number of carbonyl (C=O) groups is 3. The number of imide groups is 1.